The van der Waals surface area contributed by atoms with Gasteiger partial charge in [-0.3, -0.25) is 0 Å². The standard InChI is InChI=1S/C40H18F4O2/c41-23-9-21(10-24(42)17-23)35-29-13-20-16-32-30(14-19(20)15-31(29)37-27-5-1-3-7-33(27)45-39(35)37)36(22-11-25(43)18-26(44)12-22)40-38(32)28-6-2-4-8-34(28)46-40/h1-18H. The molecule has 0 atom stereocenters. The Bertz CT molecular complexity index is 2570. The van der Waals surface area contributed by atoms with Gasteiger partial charge >= 0.3 is 0 Å². The van der Waals surface area contributed by atoms with Gasteiger partial charge in [0.15, 0.2) is 0 Å². The van der Waals surface area contributed by atoms with Crippen LogP contribution in [0.1, 0.15) is 22.6 Å². The lowest BCUT2D eigenvalue weighted by atomic mass is 9.96. The van der Waals surface area contributed by atoms with E-state index in [9.17, 15) is 17.6 Å². The van der Waals surface area contributed by atoms with Crippen LogP contribution in [0.25, 0.3) is 66.1 Å². The van der Waals surface area contributed by atoms with Gasteiger partial charge in [-0.05, 0) is 104 Å². The SMILES string of the molecule is Fc1cc(F)cc(C2=c3cc4cc5c(cc4cc3-c3c2oc2ccccc32)=C(c2cc(F)cc(F)c2)c2oc3ccccc3c2-5)c1. The van der Waals surface area contributed by atoms with Gasteiger partial charge in [-0.1, -0.05) is 36.4 Å². The highest BCUT2D eigenvalue weighted by molar-refractivity contribution is 6.11. The first-order valence-corrected chi connectivity index (χ1v) is 14.8. The third-order valence-corrected chi connectivity index (χ3v) is 9.14. The zero-order chi connectivity index (χ0) is 30.8. The van der Waals surface area contributed by atoms with E-state index in [2.05, 4.69) is 12.1 Å². The average Bonchev–Trinajstić information content (AvgIpc) is 3.74. The molecule has 0 saturated carbocycles. The van der Waals surface area contributed by atoms with E-state index >= 15 is 0 Å². The highest BCUT2D eigenvalue weighted by Crippen LogP contribution is 2.46. The summed E-state index contributed by atoms with van der Waals surface area (Å²) in [5.74, 6) is -1.61. The van der Waals surface area contributed by atoms with Crippen molar-refractivity contribution >= 4 is 43.9 Å². The van der Waals surface area contributed by atoms with Gasteiger partial charge in [0.05, 0.1) is 0 Å². The summed E-state index contributed by atoms with van der Waals surface area (Å²) >= 11 is 0. The molecule has 46 heavy (non-hydrogen) atoms. The van der Waals surface area contributed by atoms with Crippen LogP contribution in [-0.2, 0) is 0 Å². The quantitative estimate of drug-likeness (QED) is 0.183. The molecule has 0 radical (unpaired) electrons. The molecule has 2 aliphatic carbocycles. The summed E-state index contributed by atoms with van der Waals surface area (Å²) in [6.45, 7) is 0. The number of hydrogen-bond acceptors (Lipinski definition) is 2. The first-order chi connectivity index (χ1) is 22.4. The Labute approximate surface area is 257 Å². The van der Waals surface area contributed by atoms with Crippen LogP contribution in [0.15, 0.2) is 118 Å². The summed E-state index contributed by atoms with van der Waals surface area (Å²) in [6.07, 6.45) is 0. The number of halogens is 4. The van der Waals surface area contributed by atoms with Crippen molar-refractivity contribution in [3.63, 3.8) is 0 Å². The predicted molar refractivity (Wildman–Crippen MR) is 170 cm³/mol. The number of benzene rings is 6. The van der Waals surface area contributed by atoms with Crippen molar-refractivity contribution in [2.45, 2.75) is 0 Å². The Morgan fingerprint density at radius 1 is 0.413 bits per heavy atom. The van der Waals surface area contributed by atoms with Gasteiger partial charge in [-0.2, -0.15) is 0 Å². The Kier molecular flexibility index (Phi) is 4.90. The second-order valence-corrected chi connectivity index (χ2v) is 11.8. The van der Waals surface area contributed by atoms with Crippen LogP contribution in [-0.4, -0.2) is 0 Å². The summed E-state index contributed by atoms with van der Waals surface area (Å²) in [4.78, 5) is 0. The number of hydrogen-bond donors (Lipinski definition) is 0. The van der Waals surface area contributed by atoms with Crippen molar-refractivity contribution < 1.29 is 26.4 Å². The molecule has 2 aromatic heterocycles. The molecule has 0 amide bonds. The molecule has 0 N–H and O–H groups in total. The van der Waals surface area contributed by atoms with Gasteiger partial charge in [-0.15, -0.1) is 0 Å². The molecule has 6 heteroatoms. The van der Waals surface area contributed by atoms with Crippen molar-refractivity contribution in [3.05, 3.63) is 166 Å². The van der Waals surface area contributed by atoms with Crippen LogP contribution < -0.4 is 10.4 Å². The van der Waals surface area contributed by atoms with Gasteiger partial charge in [0.1, 0.15) is 46.0 Å². The van der Waals surface area contributed by atoms with E-state index in [4.69, 9.17) is 8.83 Å². The Hall–Kier alpha value is -5.88. The van der Waals surface area contributed by atoms with E-state index in [-0.39, 0.29) is 0 Å². The second kappa shape index (κ2) is 8.86. The summed E-state index contributed by atoms with van der Waals surface area (Å²) in [6, 6.07) is 30.4. The third-order valence-electron chi connectivity index (χ3n) is 9.14. The second-order valence-electron chi connectivity index (χ2n) is 11.8. The van der Waals surface area contributed by atoms with Crippen LogP contribution >= 0.6 is 0 Å². The minimum Gasteiger partial charge on any atom is -0.455 e. The molecule has 2 nitrogen and oxygen atoms in total. The zero-order valence-corrected chi connectivity index (χ0v) is 23.7. The molecule has 0 aliphatic heterocycles. The van der Waals surface area contributed by atoms with Crippen molar-refractivity contribution in [2.24, 2.45) is 0 Å². The molecule has 0 spiro atoms. The van der Waals surface area contributed by atoms with E-state index in [0.717, 1.165) is 66.4 Å². The average molecular weight is 607 g/mol. The van der Waals surface area contributed by atoms with Crippen molar-refractivity contribution in [3.8, 4) is 22.3 Å². The molecule has 218 valence electrons. The van der Waals surface area contributed by atoms with Crippen LogP contribution in [0.3, 0.4) is 0 Å². The monoisotopic (exact) mass is 606 g/mol. The number of furan rings is 2. The van der Waals surface area contributed by atoms with E-state index in [1.165, 1.54) is 24.3 Å². The van der Waals surface area contributed by atoms with Gasteiger partial charge in [0, 0.05) is 45.2 Å². The number of rotatable bonds is 2. The fourth-order valence-corrected chi connectivity index (χ4v) is 7.37. The van der Waals surface area contributed by atoms with Crippen molar-refractivity contribution in [1.29, 1.82) is 0 Å². The van der Waals surface area contributed by atoms with Crippen LogP contribution in [0.4, 0.5) is 17.6 Å². The van der Waals surface area contributed by atoms with E-state index in [0.29, 0.717) is 45.0 Å². The Balaban J connectivity index is 1.35. The zero-order valence-electron chi connectivity index (χ0n) is 23.7. The van der Waals surface area contributed by atoms with E-state index in [1.807, 2.05) is 60.7 Å². The normalized spacial score (nSPS) is 13.1. The smallest absolute Gasteiger partial charge is 0.144 e. The molecule has 0 bridgehead atoms. The Morgan fingerprint density at radius 2 is 0.804 bits per heavy atom. The van der Waals surface area contributed by atoms with Crippen LogP contribution in [0, 0.1) is 23.3 Å². The fraction of sp³-hybridized carbons (Fsp3) is 0. The van der Waals surface area contributed by atoms with Gasteiger partial charge in [-0.25, -0.2) is 17.6 Å². The van der Waals surface area contributed by atoms with Crippen molar-refractivity contribution in [1.82, 2.24) is 0 Å². The number of para-hydroxylation sites is 2. The number of fused-ring (bicyclic) bond motifs is 11. The van der Waals surface area contributed by atoms with Gasteiger partial charge in [0.25, 0.3) is 0 Å². The first kappa shape index (κ1) is 25.4. The summed E-state index contributed by atoms with van der Waals surface area (Å²) in [5, 5.41) is 5.12. The van der Waals surface area contributed by atoms with Gasteiger partial charge < -0.3 is 8.83 Å². The highest BCUT2D eigenvalue weighted by Gasteiger charge is 2.31. The Morgan fingerprint density at radius 3 is 1.22 bits per heavy atom. The summed E-state index contributed by atoms with van der Waals surface area (Å²) in [5.41, 5.74) is 6.74. The maximum atomic E-state index is 14.6. The molecule has 8 aromatic rings. The predicted octanol–water partition coefficient (Wildman–Crippen LogP) is 9.34. The lowest BCUT2D eigenvalue weighted by Crippen LogP contribution is -2.10. The molecule has 6 aromatic carbocycles. The van der Waals surface area contributed by atoms with Crippen LogP contribution in [0.5, 0.6) is 0 Å². The van der Waals surface area contributed by atoms with E-state index in [1.54, 1.807) is 0 Å². The lowest BCUT2D eigenvalue weighted by Gasteiger charge is -2.07. The van der Waals surface area contributed by atoms with E-state index < -0.39 is 23.3 Å². The third kappa shape index (κ3) is 3.41. The van der Waals surface area contributed by atoms with Crippen LogP contribution in [0.2, 0.25) is 0 Å². The fourth-order valence-electron chi connectivity index (χ4n) is 7.37. The summed E-state index contributed by atoms with van der Waals surface area (Å²) < 4.78 is 71.0. The molecular weight excluding hydrogens is 588 g/mol. The minimum absolute atomic E-state index is 0.379. The molecule has 0 saturated heterocycles. The topological polar surface area (TPSA) is 26.3 Å². The summed E-state index contributed by atoms with van der Waals surface area (Å²) in [7, 11) is 0. The molecule has 0 fully saturated rings. The first-order valence-electron chi connectivity index (χ1n) is 14.8. The van der Waals surface area contributed by atoms with Crippen molar-refractivity contribution in [2.75, 3.05) is 0 Å². The maximum absolute atomic E-state index is 14.6. The van der Waals surface area contributed by atoms with Gasteiger partial charge in [0.2, 0.25) is 0 Å². The largest absolute Gasteiger partial charge is 0.455 e. The molecule has 10 rings (SSSR count). The minimum atomic E-state index is -0.677. The molecule has 2 heterocycles. The highest BCUT2D eigenvalue weighted by atomic mass is 19.1. The molecule has 0 unspecified atom stereocenters. The molecule has 2 aliphatic rings. The molecular formula is C40H18F4O2. The maximum Gasteiger partial charge on any atom is 0.144 e. The lowest BCUT2D eigenvalue weighted by molar-refractivity contribution is 0.580.